The fourth-order valence-corrected chi connectivity index (χ4v) is 2.72. The molecule has 0 N–H and O–H groups in total. The van der Waals surface area contributed by atoms with Crippen LogP contribution in [0.2, 0.25) is 0 Å². The summed E-state index contributed by atoms with van der Waals surface area (Å²) in [7, 11) is 0. The molecule has 5 heteroatoms. The highest BCUT2D eigenvalue weighted by Gasteiger charge is 2.49. The van der Waals surface area contributed by atoms with Gasteiger partial charge in [0, 0.05) is 6.54 Å². The highest BCUT2D eigenvalue weighted by atomic mass is 19.1. The Kier molecular flexibility index (Phi) is 2.46. The van der Waals surface area contributed by atoms with Gasteiger partial charge in [0.15, 0.2) is 0 Å². The van der Waals surface area contributed by atoms with Crippen LogP contribution in [-0.4, -0.2) is 28.4 Å². The zero-order valence-electron chi connectivity index (χ0n) is 11.0. The maximum Gasteiger partial charge on any atom is 0.276 e. The normalized spacial score (nSPS) is 23.4. The Balaban J connectivity index is 1.61. The van der Waals surface area contributed by atoms with Crippen LogP contribution >= 0.6 is 0 Å². The Hall–Kier alpha value is -2.53. The second-order valence-electron chi connectivity index (χ2n) is 5.16. The van der Waals surface area contributed by atoms with Gasteiger partial charge in [-0.15, -0.1) is 0 Å². The van der Waals surface area contributed by atoms with Crippen molar-refractivity contribution in [1.29, 1.82) is 0 Å². The third-order valence-corrected chi connectivity index (χ3v) is 3.87. The molecule has 2 aromatic rings. The van der Waals surface area contributed by atoms with Crippen molar-refractivity contribution in [2.45, 2.75) is 6.04 Å². The number of fused-ring (bicyclic) bond motifs is 1. The summed E-state index contributed by atoms with van der Waals surface area (Å²) >= 11 is 0. The van der Waals surface area contributed by atoms with Gasteiger partial charge in [-0.25, -0.2) is 9.40 Å². The number of benzene rings is 2. The monoisotopic (exact) mass is 282 g/mol. The van der Waals surface area contributed by atoms with Crippen molar-refractivity contribution >= 4 is 11.8 Å². The molecule has 2 amide bonds. The first-order valence-corrected chi connectivity index (χ1v) is 6.66. The van der Waals surface area contributed by atoms with Crippen LogP contribution in [0.1, 0.15) is 32.3 Å². The van der Waals surface area contributed by atoms with Crippen LogP contribution in [0.3, 0.4) is 0 Å². The van der Waals surface area contributed by atoms with Gasteiger partial charge in [0.2, 0.25) is 0 Å². The van der Waals surface area contributed by atoms with Crippen LogP contribution < -0.4 is 0 Å². The summed E-state index contributed by atoms with van der Waals surface area (Å²) in [5, 5.41) is 2.90. The molecule has 1 saturated heterocycles. The largest absolute Gasteiger partial charge is 0.276 e. The molecule has 2 atom stereocenters. The Bertz CT molecular complexity index is 722. The van der Waals surface area contributed by atoms with Crippen molar-refractivity contribution in [1.82, 2.24) is 10.0 Å². The van der Waals surface area contributed by atoms with E-state index in [0.717, 1.165) is 5.56 Å². The highest BCUT2D eigenvalue weighted by Crippen LogP contribution is 2.40. The average molecular weight is 282 g/mol. The van der Waals surface area contributed by atoms with E-state index in [1.165, 1.54) is 17.1 Å². The van der Waals surface area contributed by atoms with E-state index in [2.05, 4.69) is 0 Å². The number of hydrogen-bond acceptors (Lipinski definition) is 3. The molecule has 21 heavy (non-hydrogen) atoms. The van der Waals surface area contributed by atoms with Gasteiger partial charge in [-0.3, -0.25) is 9.59 Å². The van der Waals surface area contributed by atoms with E-state index in [1.807, 2.05) is 0 Å². The number of rotatable bonds is 2. The van der Waals surface area contributed by atoms with Gasteiger partial charge < -0.3 is 0 Å². The van der Waals surface area contributed by atoms with Gasteiger partial charge in [-0.05, 0) is 29.8 Å². The summed E-state index contributed by atoms with van der Waals surface area (Å²) in [5.41, 5.74) is 1.77. The molecule has 0 aliphatic carbocycles. The molecule has 2 heterocycles. The summed E-state index contributed by atoms with van der Waals surface area (Å²) < 4.78 is 12.9. The van der Waals surface area contributed by atoms with E-state index < -0.39 is 0 Å². The van der Waals surface area contributed by atoms with E-state index >= 15 is 0 Å². The maximum atomic E-state index is 12.9. The molecule has 2 aliphatic rings. The van der Waals surface area contributed by atoms with Crippen LogP contribution in [0, 0.1) is 5.82 Å². The Labute approximate surface area is 120 Å². The SMILES string of the molecule is O=C1c2ccccc2C(=O)N1N1CC1c1ccc(F)cc1. The van der Waals surface area contributed by atoms with Gasteiger partial charge in [-0.2, -0.15) is 5.01 Å². The standard InChI is InChI=1S/C16H11FN2O2/c17-11-7-5-10(6-8-11)14-9-18(14)19-15(20)12-3-1-2-4-13(12)16(19)21/h1-8,14H,9H2. The lowest BCUT2D eigenvalue weighted by Crippen LogP contribution is -2.35. The smallest absolute Gasteiger partial charge is 0.267 e. The van der Waals surface area contributed by atoms with Crippen LogP contribution in [0.4, 0.5) is 4.39 Å². The first kappa shape index (κ1) is 12.2. The number of hydrogen-bond donors (Lipinski definition) is 0. The number of amides is 2. The van der Waals surface area contributed by atoms with Crippen molar-refractivity contribution in [2.75, 3.05) is 6.54 Å². The predicted octanol–water partition coefficient (Wildman–Crippen LogP) is 2.39. The topological polar surface area (TPSA) is 40.4 Å². The van der Waals surface area contributed by atoms with E-state index in [4.69, 9.17) is 0 Å². The summed E-state index contributed by atoms with van der Waals surface area (Å²) in [6.07, 6.45) is 0. The van der Waals surface area contributed by atoms with Crippen LogP contribution in [0.15, 0.2) is 48.5 Å². The Morgan fingerprint density at radius 1 is 0.905 bits per heavy atom. The van der Waals surface area contributed by atoms with Crippen molar-refractivity contribution < 1.29 is 14.0 Å². The third kappa shape index (κ3) is 1.78. The minimum atomic E-state index is -0.299. The Morgan fingerprint density at radius 2 is 1.48 bits per heavy atom. The fraction of sp³-hybridized carbons (Fsp3) is 0.125. The first-order chi connectivity index (χ1) is 10.2. The molecular weight excluding hydrogens is 271 g/mol. The molecule has 0 bridgehead atoms. The zero-order chi connectivity index (χ0) is 14.6. The maximum absolute atomic E-state index is 12.9. The molecule has 2 aromatic carbocycles. The third-order valence-electron chi connectivity index (χ3n) is 3.87. The minimum Gasteiger partial charge on any atom is -0.267 e. The molecule has 0 spiro atoms. The average Bonchev–Trinajstić information content (AvgIpc) is 3.23. The molecular formula is C16H11FN2O2. The molecule has 104 valence electrons. The minimum absolute atomic E-state index is 0.0483. The van der Waals surface area contributed by atoms with Crippen molar-refractivity contribution in [3.8, 4) is 0 Å². The van der Waals surface area contributed by atoms with Gasteiger partial charge in [0.05, 0.1) is 17.2 Å². The summed E-state index contributed by atoms with van der Waals surface area (Å²) in [6.45, 7) is 0.580. The molecule has 4 nitrogen and oxygen atoms in total. The van der Waals surface area contributed by atoms with E-state index in [9.17, 15) is 14.0 Å². The van der Waals surface area contributed by atoms with Gasteiger partial charge >= 0.3 is 0 Å². The van der Waals surface area contributed by atoms with E-state index in [0.29, 0.717) is 17.7 Å². The molecule has 0 radical (unpaired) electrons. The van der Waals surface area contributed by atoms with Crippen LogP contribution in [0.25, 0.3) is 0 Å². The van der Waals surface area contributed by atoms with Crippen LogP contribution in [0.5, 0.6) is 0 Å². The molecule has 0 saturated carbocycles. The quantitative estimate of drug-likeness (QED) is 0.627. The molecule has 1 fully saturated rings. The van der Waals surface area contributed by atoms with Gasteiger partial charge in [0.1, 0.15) is 5.82 Å². The van der Waals surface area contributed by atoms with Crippen molar-refractivity contribution in [2.24, 2.45) is 0 Å². The number of hydrazine groups is 1. The van der Waals surface area contributed by atoms with Crippen molar-refractivity contribution in [3.05, 3.63) is 71.0 Å². The number of halogens is 1. The number of nitrogens with zero attached hydrogens (tertiary/aromatic N) is 2. The summed E-state index contributed by atoms with van der Waals surface area (Å²) in [6, 6.07) is 12.9. The summed E-state index contributed by atoms with van der Waals surface area (Å²) in [5.74, 6) is -0.882. The predicted molar refractivity (Wildman–Crippen MR) is 72.8 cm³/mol. The molecule has 2 aliphatic heterocycles. The summed E-state index contributed by atoms with van der Waals surface area (Å²) in [4.78, 5) is 24.6. The van der Waals surface area contributed by atoms with Crippen molar-refractivity contribution in [3.63, 3.8) is 0 Å². The highest BCUT2D eigenvalue weighted by molar-refractivity contribution is 6.21. The second-order valence-corrected chi connectivity index (χ2v) is 5.16. The Morgan fingerprint density at radius 3 is 2.05 bits per heavy atom. The van der Waals surface area contributed by atoms with E-state index in [-0.39, 0.29) is 23.7 Å². The number of carbonyl (C=O) groups is 2. The lowest BCUT2D eigenvalue weighted by atomic mass is 10.1. The van der Waals surface area contributed by atoms with Gasteiger partial charge in [-0.1, -0.05) is 24.3 Å². The number of carbonyl (C=O) groups excluding carboxylic acids is 2. The number of imide groups is 1. The first-order valence-electron chi connectivity index (χ1n) is 6.66. The molecule has 4 rings (SSSR count). The van der Waals surface area contributed by atoms with Gasteiger partial charge in [0.25, 0.3) is 11.8 Å². The fourth-order valence-electron chi connectivity index (χ4n) is 2.72. The second kappa shape index (κ2) is 4.23. The lowest BCUT2D eigenvalue weighted by molar-refractivity contribution is 0.0370. The van der Waals surface area contributed by atoms with Crippen LogP contribution in [-0.2, 0) is 0 Å². The molecule has 0 aromatic heterocycles. The van der Waals surface area contributed by atoms with E-state index in [1.54, 1.807) is 41.4 Å². The lowest BCUT2D eigenvalue weighted by Gasteiger charge is -2.15. The molecule has 2 unspecified atom stereocenters. The zero-order valence-corrected chi connectivity index (χ0v) is 11.0.